The number of rotatable bonds is 7. The van der Waals surface area contributed by atoms with Crippen molar-refractivity contribution in [3.05, 3.63) is 0 Å². The van der Waals surface area contributed by atoms with Crippen LogP contribution in [0.15, 0.2) is 0 Å². The standard InChI is InChI=1S/C10H20N2O3/c1-4-5-11-8(13)6-12-9(7(2)3)10(14)15/h7,9,12H,4-6H2,1-3H3,(H,11,13)(H,14,15). The molecule has 0 bridgehead atoms. The monoisotopic (exact) mass is 216 g/mol. The van der Waals surface area contributed by atoms with Crippen LogP contribution in [0.5, 0.6) is 0 Å². The second-order valence-electron chi connectivity index (χ2n) is 3.79. The summed E-state index contributed by atoms with van der Waals surface area (Å²) in [5.74, 6) is -1.13. The lowest BCUT2D eigenvalue weighted by Gasteiger charge is -2.17. The molecule has 1 atom stereocenters. The van der Waals surface area contributed by atoms with Gasteiger partial charge in [0.2, 0.25) is 5.91 Å². The summed E-state index contributed by atoms with van der Waals surface area (Å²) in [4.78, 5) is 22.0. The predicted molar refractivity (Wildman–Crippen MR) is 57.6 cm³/mol. The average molecular weight is 216 g/mol. The molecule has 0 spiro atoms. The summed E-state index contributed by atoms with van der Waals surface area (Å²) in [6.07, 6.45) is 0.873. The number of hydrogen-bond donors (Lipinski definition) is 3. The molecule has 0 radical (unpaired) electrons. The van der Waals surface area contributed by atoms with E-state index in [0.717, 1.165) is 6.42 Å². The van der Waals surface area contributed by atoms with Gasteiger partial charge in [-0.25, -0.2) is 0 Å². The molecular weight excluding hydrogens is 196 g/mol. The fraction of sp³-hybridized carbons (Fsp3) is 0.800. The Labute approximate surface area is 90.2 Å². The van der Waals surface area contributed by atoms with Crippen LogP contribution in [0.1, 0.15) is 27.2 Å². The van der Waals surface area contributed by atoms with Crippen molar-refractivity contribution in [2.45, 2.75) is 33.2 Å². The summed E-state index contributed by atoms with van der Waals surface area (Å²) < 4.78 is 0. The summed E-state index contributed by atoms with van der Waals surface area (Å²) in [6.45, 7) is 6.24. The van der Waals surface area contributed by atoms with Crippen LogP contribution in [0.4, 0.5) is 0 Å². The maximum absolute atomic E-state index is 11.2. The highest BCUT2D eigenvalue weighted by Gasteiger charge is 2.21. The van der Waals surface area contributed by atoms with E-state index in [0.29, 0.717) is 6.54 Å². The quantitative estimate of drug-likeness (QED) is 0.568. The molecule has 0 saturated carbocycles. The van der Waals surface area contributed by atoms with Crippen LogP contribution in [0, 0.1) is 5.92 Å². The maximum atomic E-state index is 11.2. The normalized spacial score (nSPS) is 12.5. The minimum Gasteiger partial charge on any atom is -0.480 e. The minimum atomic E-state index is -0.923. The van der Waals surface area contributed by atoms with Gasteiger partial charge in [0.1, 0.15) is 6.04 Å². The van der Waals surface area contributed by atoms with Gasteiger partial charge in [-0.15, -0.1) is 0 Å². The van der Waals surface area contributed by atoms with Crippen LogP contribution in [-0.4, -0.2) is 36.1 Å². The van der Waals surface area contributed by atoms with Crippen LogP contribution in [0.25, 0.3) is 0 Å². The van der Waals surface area contributed by atoms with Gasteiger partial charge in [-0.2, -0.15) is 0 Å². The summed E-state index contributed by atoms with van der Waals surface area (Å²) in [7, 11) is 0. The lowest BCUT2D eigenvalue weighted by Crippen LogP contribution is -2.45. The lowest BCUT2D eigenvalue weighted by molar-refractivity contribution is -0.140. The molecule has 1 amide bonds. The zero-order valence-electron chi connectivity index (χ0n) is 9.54. The highest BCUT2D eigenvalue weighted by atomic mass is 16.4. The van der Waals surface area contributed by atoms with Crippen molar-refractivity contribution in [2.75, 3.05) is 13.1 Å². The molecule has 0 aliphatic carbocycles. The molecule has 5 nitrogen and oxygen atoms in total. The first-order chi connectivity index (χ1) is 6.99. The predicted octanol–water partition coefficient (Wildman–Crippen LogP) is 0.211. The molecule has 3 N–H and O–H groups in total. The molecule has 0 rings (SSSR count). The Balaban J connectivity index is 3.89. The Morgan fingerprint density at radius 3 is 2.33 bits per heavy atom. The Morgan fingerprint density at radius 1 is 1.33 bits per heavy atom. The highest BCUT2D eigenvalue weighted by Crippen LogP contribution is 2.00. The number of carbonyl (C=O) groups excluding carboxylic acids is 1. The van der Waals surface area contributed by atoms with Gasteiger partial charge in [-0.1, -0.05) is 20.8 Å². The smallest absolute Gasteiger partial charge is 0.320 e. The third kappa shape index (κ3) is 6.06. The van der Waals surface area contributed by atoms with Gasteiger partial charge in [0.15, 0.2) is 0 Å². The number of carboxylic acid groups (broad SMARTS) is 1. The van der Waals surface area contributed by atoms with E-state index in [9.17, 15) is 9.59 Å². The van der Waals surface area contributed by atoms with Crippen molar-refractivity contribution in [1.82, 2.24) is 10.6 Å². The largest absolute Gasteiger partial charge is 0.480 e. The fourth-order valence-electron chi connectivity index (χ4n) is 1.14. The van der Waals surface area contributed by atoms with Crippen molar-refractivity contribution in [1.29, 1.82) is 0 Å². The van der Waals surface area contributed by atoms with E-state index in [1.54, 1.807) is 13.8 Å². The Kier molecular flexibility index (Phi) is 6.70. The molecule has 0 aliphatic heterocycles. The molecule has 0 aromatic rings. The average Bonchev–Trinajstić information content (AvgIpc) is 2.13. The van der Waals surface area contributed by atoms with Crippen molar-refractivity contribution in [3.8, 4) is 0 Å². The number of carbonyl (C=O) groups is 2. The summed E-state index contributed by atoms with van der Waals surface area (Å²) >= 11 is 0. The number of aliphatic carboxylic acids is 1. The zero-order chi connectivity index (χ0) is 11.8. The molecule has 0 aromatic heterocycles. The molecule has 88 valence electrons. The molecular formula is C10H20N2O3. The SMILES string of the molecule is CCCNC(=O)CNC(C(=O)O)C(C)C. The molecule has 0 aromatic carbocycles. The second-order valence-corrected chi connectivity index (χ2v) is 3.79. The summed E-state index contributed by atoms with van der Waals surface area (Å²) in [5, 5.41) is 14.2. The fourth-order valence-corrected chi connectivity index (χ4v) is 1.14. The van der Waals surface area contributed by atoms with E-state index in [2.05, 4.69) is 10.6 Å². The molecule has 0 fully saturated rings. The van der Waals surface area contributed by atoms with Gasteiger partial charge in [-0.05, 0) is 12.3 Å². The van der Waals surface area contributed by atoms with Crippen LogP contribution >= 0.6 is 0 Å². The van der Waals surface area contributed by atoms with Crippen LogP contribution in [-0.2, 0) is 9.59 Å². The summed E-state index contributed by atoms with van der Waals surface area (Å²) in [6, 6.07) is -0.669. The third-order valence-electron chi connectivity index (χ3n) is 1.99. The number of amides is 1. The zero-order valence-corrected chi connectivity index (χ0v) is 9.54. The van der Waals surface area contributed by atoms with Crippen molar-refractivity contribution in [3.63, 3.8) is 0 Å². The molecule has 0 heterocycles. The van der Waals surface area contributed by atoms with E-state index in [1.165, 1.54) is 0 Å². The highest BCUT2D eigenvalue weighted by molar-refractivity contribution is 5.79. The second kappa shape index (κ2) is 7.23. The topological polar surface area (TPSA) is 78.4 Å². The van der Waals surface area contributed by atoms with Gasteiger partial charge in [0, 0.05) is 6.54 Å². The maximum Gasteiger partial charge on any atom is 0.320 e. The lowest BCUT2D eigenvalue weighted by atomic mass is 10.1. The molecule has 15 heavy (non-hydrogen) atoms. The van der Waals surface area contributed by atoms with E-state index in [1.807, 2.05) is 6.92 Å². The third-order valence-corrected chi connectivity index (χ3v) is 1.99. The van der Waals surface area contributed by atoms with Crippen LogP contribution in [0.2, 0.25) is 0 Å². The first kappa shape index (κ1) is 13.9. The first-order valence-electron chi connectivity index (χ1n) is 5.22. The van der Waals surface area contributed by atoms with E-state index in [4.69, 9.17) is 5.11 Å². The van der Waals surface area contributed by atoms with Crippen molar-refractivity contribution < 1.29 is 14.7 Å². The van der Waals surface area contributed by atoms with Gasteiger partial charge < -0.3 is 10.4 Å². The van der Waals surface area contributed by atoms with Crippen molar-refractivity contribution in [2.24, 2.45) is 5.92 Å². The molecule has 5 heteroatoms. The van der Waals surface area contributed by atoms with Gasteiger partial charge in [0.25, 0.3) is 0 Å². The Bertz CT molecular complexity index is 217. The molecule has 0 aliphatic rings. The summed E-state index contributed by atoms with van der Waals surface area (Å²) in [5.41, 5.74) is 0. The number of nitrogens with one attached hydrogen (secondary N) is 2. The van der Waals surface area contributed by atoms with Gasteiger partial charge in [-0.3, -0.25) is 14.9 Å². The van der Waals surface area contributed by atoms with E-state index >= 15 is 0 Å². The minimum absolute atomic E-state index is 0.0403. The van der Waals surface area contributed by atoms with Crippen LogP contribution < -0.4 is 10.6 Å². The Hall–Kier alpha value is -1.10. The number of carboxylic acids is 1. The van der Waals surface area contributed by atoms with Crippen molar-refractivity contribution >= 4 is 11.9 Å². The van der Waals surface area contributed by atoms with Gasteiger partial charge in [0.05, 0.1) is 6.54 Å². The number of hydrogen-bond acceptors (Lipinski definition) is 3. The molecule has 0 saturated heterocycles. The molecule has 1 unspecified atom stereocenters. The Morgan fingerprint density at radius 2 is 1.93 bits per heavy atom. The van der Waals surface area contributed by atoms with Crippen LogP contribution in [0.3, 0.4) is 0 Å². The first-order valence-corrected chi connectivity index (χ1v) is 5.22. The van der Waals surface area contributed by atoms with Gasteiger partial charge >= 0.3 is 5.97 Å². The van der Waals surface area contributed by atoms with E-state index in [-0.39, 0.29) is 18.4 Å². The van der Waals surface area contributed by atoms with E-state index < -0.39 is 12.0 Å².